The summed E-state index contributed by atoms with van der Waals surface area (Å²) in [6.45, 7) is 5.37. The summed E-state index contributed by atoms with van der Waals surface area (Å²) in [6, 6.07) is 7.46. The third-order valence-corrected chi connectivity index (χ3v) is 3.62. The van der Waals surface area contributed by atoms with Gasteiger partial charge in [0.05, 0.1) is 5.56 Å². The molecule has 0 amide bonds. The van der Waals surface area contributed by atoms with E-state index in [0.717, 1.165) is 0 Å². The Morgan fingerprint density at radius 1 is 1.23 bits per heavy atom. The third-order valence-electron chi connectivity index (χ3n) is 3.16. The Morgan fingerprint density at radius 3 is 2.62 bits per heavy atom. The topological polar surface area (TPSA) is 78.1 Å². The second-order valence-electron chi connectivity index (χ2n) is 6.52. The van der Waals surface area contributed by atoms with Gasteiger partial charge in [-0.2, -0.15) is 4.98 Å². The molecule has 134 valence electrons. The molecule has 6 nitrogen and oxygen atoms in total. The van der Waals surface area contributed by atoms with Gasteiger partial charge < -0.3 is 9.26 Å². The van der Waals surface area contributed by atoms with Crippen molar-refractivity contribution in [2.24, 2.45) is 0 Å². The average molecular weight is 420 g/mol. The van der Waals surface area contributed by atoms with Gasteiger partial charge in [-0.1, -0.05) is 21.1 Å². The summed E-state index contributed by atoms with van der Waals surface area (Å²) >= 11 is 3.22. The van der Waals surface area contributed by atoms with Crippen molar-refractivity contribution < 1.29 is 18.4 Å². The molecule has 0 aliphatic heterocycles. The first-order chi connectivity index (χ1) is 12.2. The number of nitrogens with zero attached hydrogens (tertiary/aromatic N) is 3. The van der Waals surface area contributed by atoms with Crippen LogP contribution in [0.2, 0.25) is 0 Å². The van der Waals surface area contributed by atoms with E-state index >= 15 is 0 Å². The number of esters is 1. The fourth-order valence-electron chi connectivity index (χ4n) is 2.11. The van der Waals surface area contributed by atoms with Gasteiger partial charge in [-0.3, -0.25) is 4.98 Å². The van der Waals surface area contributed by atoms with Crippen LogP contribution in [-0.2, 0) is 4.74 Å². The van der Waals surface area contributed by atoms with Gasteiger partial charge in [0.2, 0.25) is 5.82 Å². The van der Waals surface area contributed by atoms with Crippen molar-refractivity contribution in [2.75, 3.05) is 0 Å². The lowest BCUT2D eigenvalue weighted by atomic mass is 10.2. The van der Waals surface area contributed by atoms with Crippen LogP contribution in [0.5, 0.6) is 0 Å². The minimum Gasteiger partial charge on any atom is -0.456 e. The molecule has 0 aliphatic carbocycles. The number of hydrogen-bond acceptors (Lipinski definition) is 6. The van der Waals surface area contributed by atoms with E-state index < -0.39 is 17.4 Å². The molecule has 0 spiro atoms. The Labute approximate surface area is 157 Å². The van der Waals surface area contributed by atoms with Gasteiger partial charge in [-0.25, -0.2) is 9.18 Å². The summed E-state index contributed by atoms with van der Waals surface area (Å²) < 4.78 is 24.5. The van der Waals surface area contributed by atoms with E-state index in [9.17, 15) is 9.18 Å². The predicted octanol–water partition coefficient (Wildman–Crippen LogP) is 4.66. The molecule has 8 heteroatoms. The minimum absolute atomic E-state index is 0.165. The van der Waals surface area contributed by atoms with Crippen molar-refractivity contribution in [2.45, 2.75) is 26.4 Å². The summed E-state index contributed by atoms with van der Waals surface area (Å²) in [5.74, 6) is -0.488. The molecule has 2 heterocycles. The number of benzene rings is 1. The SMILES string of the molecule is CC(C)(C)OC(=O)c1ccc(-c2noc(-c3cc(F)cc(Br)c3)n2)nc1. The summed E-state index contributed by atoms with van der Waals surface area (Å²) in [5.41, 5.74) is 0.600. The lowest BCUT2D eigenvalue weighted by Crippen LogP contribution is -2.23. The minimum atomic E-state index is -0.586. The molecule has 26 heavy (non-hydrogen) atoms. The number of ether oxygens (including phenoxy) is 1. The second kappa shape index (κ2) is 6.95. The molecule has 0 fully saturated rings. The Morgan fingerprint density at radius 2 is 2.00 bits per heavy atom. The van der Waals surface area contributed by atoms with Gasteiger partial charge in [0, 0.05) is 16.2 Å². The van der Waals surface area contributed by atoms with Crippen LogP contribution < -0.4 is 0 Å². The van der Waals surface area contributed by atoms with Crippen LogP contribution in [0.3, 0.4) is 0 Å². The van der Waals surface area contributed by atoms with Gasteiger partial charge in [0.1, 0.15) is 17.1 Å². The molecule has 1 aromatic carbocycles. The highest BCUT2D eigenvalue weighted by Gasteiger charge is 2.19. The lowest BCUT2D eigenvalue weighted by Gasteiger charge is -2.19. The predicted molar refractivity (Wildman–Crippen MR) is 95.8 cm³/mol. The molecule has 0 saturated heterocycles. The van der Waals surface area contributed by atoms with Crippen molar-refractivity contribution in [3.63, 3.8) is 0 Å². The number of rotatable bonds is 3. The standard InChI is InChI=1S/C18H15BrFN3O3/c1-18(2,3)25-17(24)10-4-5-14(21-9-10)15-22-16(26-23-15)11-6-12(19)8-13(20)7-11/h4-9H,1-3H3. The number of carbonyl (C=O) groups excluding carboxylic acids is 1. The third kappa shape index (κ3) is 4.32. The zero-order valence-electron chi connectivity index (χ0n) is 14.3. The fraction of sp³-hybridized carbons (Fsp3) is 0.222. The van der Waals surface area contributed by atoms with Crippen LogP contribution in [0.15, 0.2) is 45.5 Å². The number of pyridine rings is 1. The largest absolute Gasteiger partial charge is 0.456 e. The molecule has 0 atom stereocenters. The maximum atomic E-state index is 13.5. The first-order valence-electron chi connectivity index (χ1n) is 7.71. The molecule has 3 aromatic rings. The van der Waals surface area contributed by atoms with Crippen molar-refractivity contribution in [3.8, 4) is 23.0 Å². The highest BCUT2D eigenvalue weighted by atomic mass is 79.9. The first-order valence-corrected chi connectivity index (χ1v) is 8.50. The van der Waals surface area contributed by atoms with Crippen molar-refractivity contribution in [1.82, 2.24) is 15.1 Å². The monoisotopic (exact) mass is 419 g/mol. The molecule has 0 unspecified atom stereocenters. The lowest BCUT2D eigenvalue weighted by molar-refractivity contribution is 0.00691. The molecular formula is C18H15BrFN3O3. The molecule has 0 radical (unpaired) electrons. The maximum Gasteiger partial charge on any atom is 0.340 e. The maximum absolute atomic E-state index is 13.5. The van der Waals surface area contributed by atoms with Crippen molar-refractivity contribution >= 4 is 21.9 Å². The van der Waals surface area contributed by atoms with Gasteiger partial charge >= 0.3 is 5.97 Å². The summed E-state index contributed by atoms with van der Waals surface area (Å²) in [5, 5.41) is 3.85. The Kier molecular flexibility index (Phi) is 4.86. The zero-order valence-corrected chi connectivity index (χ0v) is 15.9. The molecule has 3 rings (SSSR count). The molecule has 2 aromatic heterocycles. The molecule has 0 N–H and O–H groups in total. The van der Waals surface area contributed by atoms with Crippen LogP contribution in [0, 0.1) is 5.82 Å². The van der Waals surface area contributed by atoms with Crippen LogP contribution >= 0.6 is 15.9 Å². The number of carbonyl (C=O) groups is 1. The van der Waals surface area contributed by atoms with Gasteiger partial charge in [0.25, 0.3) is 5.89 Å². The highest BCUT2D eigenvalue weighted by Crippen LogP contribution is 2.25. The molecular weight excluding hydrogens is 405 g/mol. The van der Waals surface area contributed by atoms with Crippen LogP contribution in [-0.4, -0.2) is 26.7 Å². The highest BCUT2D eigenvalue weighted by molar-refractivity contribution is 9.10. The Hall–Kier alpha value is -2.61. The summed E-state index contributed by atoms with van der Waals surface area (Å²) in [7, 11) is 0. The van der Waals surface area contributed by atoms with Gasteiger partial charge in [0.15, 0.2) is 0 Å². The normalized spacial score (nSPS) is 11.4. The van der Waals surface area contributed by atoms with Crippen molar-refractivity contribution in [3.05, 3.63) is 52.4 Å². The van der Waals surface area contributed by atoms with E-state index in [0.29, 0.717) is 21.3 Å². The Balaban J connectivity index is 1.82. The van der Waals surface area contributed by atoms with E-state index in [1.807, 2.05) is 0 Å². The number of hydrogen-bond donors (Lipinski definition) is 0. The van der Waals surface area contributed by atoms with E-state index in [1.165, 1.54) is 18.3 Å². The summed E-state index contributed by atoms with van der Waals surface area (Å²) in [6.07, 6.45) is 1.39. The fourth-order valence-corrected chi connectivity index (χ4v) is 2.57. The van der Waals surface area contributed by atoms with Crippen LogP contribution in [0.25, 0.3) is 23.0 Å². The van der Waals surface area contributed by atoms with E-state index in [-0.39, 0.29) is 11.7 Å². The van der Waals surface area contributed by atoms with E-state index in [2.05, 4.69) is 31.1 Å². The average Bonchev–Trinajstić information content (AvgIpc) is 3.02. The van der Waals surface area contributed by atoms with Gasteiger partial charge in [-0.15, -0.1) is 0 Å². The van der Waals surface area contributed by atoms with Gasteiger partial charge in [-0.05, 0) is 51.1 Å². The second-order valence-corrected chi connectivity index (χ2v) is 7.43. The quantitative estimate of drug-likeness (QED) is 0.574. The molecule has 0 saturated carbocycles. The smallest absolute Gasteiger partial charge is 0.340 e. The Bertz CT molecular complexity index is 929. The first kappa shape index (κ1) is 18.2. The van der Waals surface area contributed by atoms with Crippen LogP contribution in [0.1, 0.15) is 31.1 Å². The van der Waals surface area contributed by atoms with Crippen molar-refractivity contribution in [1.29, 1.82) is 0 Å². The number of halogens is 2. The number of aromatic nitrogens is 3. The molecule has 0 bridgehead atoms. The van der Waals surface area contributed by atoms with E-state index in [1.54, 1.807) is 39.0 Å². The van der Waals surface area contributed by atoms with Crippen LogP contribution in [0.4, 0.5) is 4.39 Å². The zero-order chi connectivity index (χ0) is 18.9. The summed E-state index contributed by atoms with van der Waals surface area (Å²) in [4.78, 5) is 20.4. The van der Waals surface area contributed by atoms with E-state index in [4.69, 9.17) is 9.26 Å². The molecule has 0 aliphatic rings.